The Balaban J connectivity index is 0.000000333. The Hall–Kier alpha value is -3.66. The third kappa shape index (κ3) is 11.2. The smallest absolute Gasteiger partial charge is 0.475 e. The number of nitrogens with zero attached hydrogens (tertiary/aromatic N) is 2. The molecule has 0 aromatic carbocycles. The average molecular weight is 583 g/mol. The number of halogens is 6. The minimum absolute atomic E-state index is 0.00733. The number of aromatic nitrogens is 1. The molecule has 2 aromatic heterocycles. The normalized spacial score (nSPS) is 20.7. The fourth-order valence-corrected chi connectivity index (χ4v) is 3.90. The van der Waals surface area contributed by atoms with Gasteiger partial charge in [-0.25, -0.2) is 9.59 Å². The second-order valence-electron chi connectivity index (χ2n) is 8.73. The molecule has 2 fully saturated rings. The molecule has 222 valence electrons. The van der Waals surface area contributed by atoms with E-state index in [1.54, 1.807) is 12.5 Å². The van der Waals surface area contributed by atoms with Crippen molar-refractivity contribution in [1.82, 2.24) is 15.2 Å². The van der Waals surface area contributed by atoms with E-state index in [1.165, 1.54) is 0 Å². The summed E-state index contributed by atoms with van der Waals surface area (Å²) in [5.74, 6) is -4.05. The average Bonchev–Trinajstić information content (AvgIpc) is 3.54. The van der Waals surface area contributed by atoms with Crippen LogP contribution >= 0.6 is 0 Å². The Morgan fingerprint density at radius 3 is 2.20 bits per heavy atom. The van der Waals surface area contributed by atoms with E-state index in [2.05, 4.69) is 15.2 Å². The first-order chi connectivity index (χ1) is 18.7. The highest BCUT2D eigenvalue weighted by atomic mass is 19.4. The van der Waals surface area contributed by atoms with E-state index in [0.29, 0.717) is 12.5 Å². The van der Waals surface area contributed by atoms with Crippen LogP contribution in [0.3, 0.4) is 0 Å². The van der Waals surface area contributed by atoms with Crippen molar-refractivity contribution in [1.29, 1.82) is 0 Å². The number of carbonyl (C=O) groups is 3. The van der Waals surface area contributed by atoms with Gasteiger partial charge < -0.3 is 24.7 Å². The van der Waals surface area contributed by atoms with Gasteiger partial charge in [0.1, 0.15) is 11.9 Å². The van der Waals surface area contributed by atoms with Gasteiger partial charge in [0.2, 0.25) is 5.91 Å². The van der Waals surface area contributed by atoms with E-state index in [-0.39, 0.29) is 18.1 Å². The third-order valence-electron chi connectivity index (χ3n) is 5.78. The number of carbonyl (C=O) groups excluding carboxylic acids is 1. The molecule has 0 spiro atoms. The van der Waals surface area contributed by atoms with Crippen molar-refractivity contribution >= 4 is 17.8 Å². The minimum Gasteiger partial charge on any atom is -0.475 e. The highest BCUT2D eigenvalue weighted by Crippen LogP contribution is 2.33. The van der Waals surface area contributed by atoms with Crippen LogP contribution in [0.15, 0.2) is 47.2 Å². The van der Waals surface area contributed by atoms with Crippen molar-refractivity contribution in [3.63, 3.8) is 0 Å². The molecule has 4 heterocycles. The molecule has 0 saturated carbocycles. The van der Waals surface area contributed by atoms with E-state index in [9.17, 15) is 31.1 Å². The van der Waals surface area contributed by atoms with Crippen LogP contribution in [0, 0.1) is 5.92 Å². The lowest BCUT2D eigenvalue weighted by molar-refractivity contribution is -0.193. The first kappa shape index (κ1) is 32.6. The van der Waals surface area contributed by atoms with E-state index >= 15 is 0 Å². The van der Waals surface area contributed by atoms with Crippen molar-refractivity contribution in [2.24, 2.45) is 5.92 Å². The molecule has 2 saturated heterocycles. The zero-order chi connectivity index (χ0) is 29.9. The van der Waals surface area contributed by atoms with Crippen LogP contribution in [0.1, 0.15) is 24.3 Å². The molecule has 3 atom stereocenters. The number of nitrogens with one attached hydrogen (secondary N) is 1. The maximum atomic E-state index is 12.4. The van der Waals surface area contributed by atoms with E-state index in [0.717, 1.165) is 50.4 Å². The van der Waals surface area contributed by atoms with Crippen LogP contribution in [0.4, 0.5) is 26.3 Å². The molecule has 4 rings (SSSR count). The van der Waals surface area contributed by atoms with Crippen molar-refractivity contribution in [3.05, 3.63) is 54.2 Å². The van der Waals surface area contributed by atoms with Gasteiger partial charge in [0, 0.05) is 31.4 Å². The summed E-state index contributed by atoms with van der Waals surface area (Å²) in [5.41, 5.74) is 0.988. The summed E-state index contributed by atoms with van der Waals surface area (Å²) in [7, 11) is 0. The molecule has 40 heavy (non-hydrogen) atoms. The van der Waals surface area contributed by atoms with Crippen LogP contribution in [-0.2, 0) is 32.1 Å². The predicted molar refractivity (Wildman–Crippen MR) is 124 cm³/mol. The molecule has 0 aliphatic carbocycles. The summed E-state index contributed by atoms with van der Waals surface area (Å²) in [4.78, 5) is 36.8. The Labute approximate surface area is 223 Å². The Morgan fingerprint density at radius 2 is 1.68 bits per heavy atom. The maximum absolute atomic E-state index is 12.4. The topological polar surface area (TPSA) is 142 Å². The molecule has 3 N–H and O–H groups in total. The molecule has 0 unspecified atom stereocenters. The van der Waals surface area contributed by atoms with Gasteiger partial charge in [0.15, 0.2) is 0 Å². The summed E-state index contributed by atoms with van der Waals surface area (Å²) in [6.07, 6.45) is -4.22. The molecule has 0 bridgehead atoms. The molecular formula is C24H27F6N3O7. The molecule has 10 nitrogen and oxygen atoms in total. The highest BCUT2D eigenvalue weighted by Gasteiger charge is 2.42. The molecule has 1 amide bonds. The second-order valence-corrected chi connectivity index (χ2v) is 8.73. The molecule has 2 aliphatic heterocycles. The lowest BCUT2D eigenvalue weighted by Crippen LogP contribution is -2.42. The van der Waals surface area contributed by atoms with Gasteiger partial charge in [0.05, 0.1) is 18.9 Å². The quantitative estimate of drug-likeness (QED) is 0.437. The monoisotopic (exact) mass is 583 g/mol. The number of pyridine rings is 1. The number of piperidine rings is 1. The summed E-state index contributed by atoms with van der Waals surface area (Å²) in [6.45, 7) is 3.29. The number of furan rings is 1. The third-order valence-corrected chi connectivity index (χ3v) is 5.78. The van der Waals surface area contributed by atoms with Gasteiger partial charge in [-0.1, -0.05) is 6.07 Å². The molecule has 16 heteroatoms. The fourth-order valence-electron chi connectivity index (χ4n) is 3.90. The van der Waals surface area contributed by atoms with Gasteiger partial charge >= 0.3 is 24.3 Å². The predicted octanol–water partition coefficient (Wildman–Crippen LogP) is 3.28. The molecule has 2 aliphatic rings. The lowest BCUT2D eigenvalue weighted by Gasteiger charge is -2.33. The van der Waals surface area contributed by atoms with Crippen LogP contribution in [0.25, 0.3) is 0 Å². The lowest BCUT2D eigenvalue weighted by atomic mass is 9.91. The number of carboxylic acid groups (broad SMARTS) is 2. The molecular weight excluding hydrogens is 556 g/mol. The zero-order valence-electron chi connectivity index (χ0n) is 20.8. The Kier molecular flexibility index (Phi) is 11.9. The van der Waals surface area contributed by atoms with E-state index in [1.807, 2.05) is 30.3 Å². The number of amides is 1. The Bertz CT molecular complexity index is 1060. The van der Waals surface area contributed by atoms with Gasteiger partial charge in [-0.15, -0.1) is 0 Å². The van der Waals surface area contributed by atoms with Gasteiger partial charge in [0.25, 0.3) is 0 Å². The number of ether oxygens (including phenoxy) is 1. The minimum atomic E-state index is -5.08. The first-order valence-corrected chi connectivity index (χ1v) is 11.8. The summed E-state index contributed by atoms with van der Waals surface area (Å²) in [6, 6.07) is 9.74. The van der Waals surface area contributed by atoms with Gasteiger partial charge in [-0.3, -0.25) is 14.7 Å². The summed E-state index contributed by atoms with van der Waals surface area (Å²) >= 11 is 0. The molecule has 2 aromatic rings. The van der Waals surface area contributed by atoms with Crippen LogP contribution in [0.5, 0.6) is 0 Å². The van der Waals surface area contributed by atoms with Crippen molar-refractivity contribution < 1.29 is 60.1 Å². The number of rotatable bonds is 6. The maximum Gasteiger partial charge on any atom is 0.490 e. The first-order valence-electron chi connectivity index (χ1n) is 11.8. The summed E-state index contributed by atoms with van der Waals surface area (Å²) < 4.78 is 75.0. The number of hydrogen-bond acceptors (Lipinski definition) is 7. The van der Waals surface area contributed by atoms with Crippen molar-refractivity contribution in [2.45, 2.75) is 50.4 Å². The van der Waals surface area contributed by atoms with Crippen LogP contribution < -0.4 is 5.32 Å². The van der Waals surface area contributed by atoms with Crippen molar-refractivity contribution in [2.75, 3.05) is 19.6 Å². The van der Waals surface area contributed by atoms with Crippen LogP contribution in [-0.4, -0.2) is 82.1 Å². The zero-order valence-corrected chi connectivity index (χ0v) is 20.8. The highest BCUT2D eigenvalue weighted by molar-refractivity contribution is 5.81. The fraction of sp³-hybridized carbons (Fsp3) is 0.500. The van der Waals surface area contributed by atoms with Crippen molar-refractivity contribution in [3.8, 4) is 0 Å². The van der Waals surface area contributed by atoms with Gasteiger partial charge in [-0.2, -0.15) is 26.3 Å². The second kappa shape index (κ2) is 14.6. The standard InChI is InChI=1S/C20H25N3O3.2C2HF3O2/c24-20(22-9-6-16-4-1-2-8-21-16)18-12-15-7-10-23(14-19(15)26-18)13-17-5-3-11-25-17;2*3-2(4,5)1(6)7/h1-5,8,11,15,18-19H,6-7,9-10,12-14H2,(H,22,24);2*(H,6,7)/t15-,18+,19+;;/m0../s1. The van der Waals surface area contributed by atoms with Gasteiger partial charge in [-0.05, 0) is 49.6 Å². The number of likely N-dealkylation sites (tertiary alicyclic amines) is 1. The van der Waals surface area contributed by atoms with Crippen LogP contribution in [0.2, 0.25) is 0 Å². The molecule has 0 radical (unpaired) electrons. The number of carboxylic acids is 2. The number of alkyl halides is 6. The van der Waals surface area contributed by atoms with E-state index in [4.69, 9.17) is 29.0 Å². The number of aliphatic carboxylic acids is 2. The Morgan fingerprint density at radius 1 is 1.02 bits per heavy atom. The number of fused-ring (bicyclic) bond motifs is 1. The summed E-state index contributed by atoms with van der Waals surface area (Å²) in [5, 5.41) is 17.2. The number of hydrogen-bond donors (Lipinski definition) is 3. The SMILES string of the molecule is O=C(NCCc1ccccn1)[C@H]1C[C@@H]2CCN(Cc3ccco3)C[C@H]2O1.O=C(O)C(F)(F)F.O=C(O)C(F)(F)F. The largest absolute Gasteiger partial charge is 0.490 e. The van der Waals surface area contributed by atoms with E-state index < -0.39 is 24.3 Å².